The van der Waals surface area contributed by atoms with Crippen LogP contribution in [0.4, 0.5) is 0 Å². The SMILES string of the molecule is C#CCN1C(=O)[C@@H]2[C@H](C1=O)[C@@H]1C=C[C@@H]2O1. The fourth-order valence-electron chi connectivity index (χ4n) is 2.61. The molecule has 3 aliphatic rings. The lowest BCUT2D eigenvalue weighted by atomic mass is 9.85. The number of amides is 2. The van der Waals surface area contributed by atoms with Crippen LogP contribution in [0.1, 0.15) is 0 Å². The Morgan fingerprint density at radius 2 is 1.80 bits per heavy atom. The molecule has 3 aliphatic heterocycles. The van der Waals surface area contributed by atoms with Crippen molar-refractivity contribution in [2.24, 2.45) is 11.8 Å². The third kappa shape index (κ3) is 0.910. The van der Waals surface area contributed by atoms with Crippen molar-refractivity contribution >= 4 is 11.8 Å². The molecule has 0 saturated carbocycles. The number of carbonyl (C=O) groups excluding carboxylic acids is 2. The molecule has 2 bridgehead atoms. The Balaban J connectivity index is 1.97. The number of hydrogen-bond acceptors (Lipinski definition) is 3. The molecule has 0 radical (unpaired) electrons. The average Bonchev–Trinajstić information content (AvgIpc) is 2.87. The van der Waals surface area contributed by atoms with Gasteiger partial charge in [-0.3, -0.25) is 14.5 Å². The van der Waals surface area contributed by atoms with E-state index < -0.39 is 0 Å². The number of fused-ring (bicyclic) bond motifs is 5. The van der Waals surface area contributed by atoms with Crippen molar-refractivity contribution < 1.29 is 14.3 Å². The maximum absolute atomic E-state index is 11.9. The predicted octanol–water partition coefficient (Wildman–Crippen LogP) is -0.442. The van der Waals surface area contributed by atoms with Gasteiger partial charge in [0.05, 0.1) is 30.6 Å². The summed E-state index contributed by atoms with van der Waals surface area (Å²) in [5.74, 6) is 1.31. The van der Waals surface area contributed by atoms with Crippen LogP contribution in [0, 0.1) is 24.2 Å². The Morgan fingerprint density at radius 1 is 1.27 bits per heavy atom. The van der Waals surface area contributed by atoms with E-state index in [-0.39, 0.29) is 42.4 Å². The Labute approximate surface area is 86.9 Å². The topological polar surface area (TPSA) is 46.6 Å². The van der Waals surface area contributed by atoms with Crippen LogP contribution in [0.15, 0.2) is 12.2 Å². The minimum Gasteiger partial charge on any atom is -0.365 e. The van der Waals surface area contributed by atoms with Crippen molar-refractivity contribution in [3.63, 3.8) is 0 Å². The highest BCUT2D eigenvalue weighted by Crippen LogP contribution is 2.44. The molecule has 2 fully saturated rings. The van der Waals surface area contributed by atoms with Gasteiger partial charge in [0.2, 0.25) is 11.8 Å². The molecule has 2 amide bonds. The summed E-state index contributed by atoms with van der Waals surface area (Å²) >= 11 is 0. The molecule has 4 atom stereocenters. The van der Waals surface area contributed by atoms with Crippen LogP contribution in [-0.4, -0.2) is 35.5 Å². The maximum atomic E-state index is 11.9. The summed E-state index contributed by atoms with van der Waals surface area (Å²) in [4.78, 5) is 24.9. The molecule has 0 aromatic rings. The van der Waals surface area contributed by atoms with Crippen molar-refractivity contribution in [1.82, 2.24) is 4.90 Å². The second kappa shape index (κ2) is 2.71. The zero-order chi connectivity index (χ0) is 10.6. The zero-order valence-electron chi connectivity index (χ0n) is 7.92. The number of ether oxygens (including phenoxy) is 1. The smallest absolute Gasteiger partial charge is 0.237 e. The Morgan fingerprint density at radius 3 is 2.27 bits per heavy atom. The number of rotatable bonds is 1. The van der Waals surface area contributed by atoms with E-state index in [1.807, 2.05) is 12.2 Å². The van der Waals surface area contributed by atoms with Gasteiger partial charge < -0.3 is 4.74 Å². The molecule has 4 nitrogen and oxygen atoms in total. The lowest BCUT2D eigenvalue weighted by Gasteiger charge is -2.13. The van der Waals surface area contributed by atoms with E-state index in [0.717, 1.165) is 0 Å². The standard InChI is InChI=1S/C11H9NO3/c1-2-5-12-10(13)8-6-3-4-7(15-6)9(8)11(12)14/h1,3-4,6-9H,5H2/t6-,7-,8-,9+/m0/s1. The second-order valence-electron chi connectivity index (χ2n) is 3.97. The first-order valence-corrected chi connectivity index (χ1v) is 4.86. The van der Waals surface area contributed by atoms with Gasteiger partial charge in [-0.1, -0.05) is 18.1 Å². The van der Waals surface area contributed by atoms with Gasteiger partial charge in [0, 0.05) is 0 Å². The van der Waals surface area contributed by atoms with Crippen LogP contribution in [-0.2, 0) is 14.3 Å². The van der Waals surface area contributed by atoms with Crippen molar-refractivity contribution in [1.29, 1.82) is 0 Å². The van der Waals surface area contributed by atoms with Crippen LogP contribution < -0.4 is 0 Å². The van der Waals surface area contributed by atoms with Gasteiger partial charge in [-0.25, -0.2) is 0 Å². The van der Waals surface area contributed by atoms with E-state index in [4.69, 9.17) is 11.2 Å². The van der Waals surface area contributed by atoms with Gasteiger partial charge >= 0.3 is 0 Å². The highest BCUT2D eigenvalue weighted by molar-refractivity contribution is 6.06. The minimum atomic E-state index is -0.333. The number of hydrogen-bond donors (Lipinski definition) is 0. The first kappa shape index (κ1) is 8.69. The molecular formula is C11H9NO3. The van der Waals surface area contributed by atoms with Crippen LogP contribution in [0.2, 0.25) is 0 Å². The van der Waals surface area contributed by atoms with Crippen LogP contribution in [0.3, 0.4) is 0 Å². The molecule has 0 aromatic heterocycles. The van der Waals surface area contributed by atoms with Gasteiger partial charge in [0.1, 0.15) is 0 Å². The number of terminal acetylenes is 1. The quantitative estimate of drug-likeness (QED) is 0.329. The van der Waals surface area contributed by atoms with E-state index >= 15 is 0 Å². The highest BCUT2D eigenvalue weighted by atomic mass is 16.5. The van der Waals surface area contributed by atoms with Crippen molar-refractivity contribution in [2.75, 3.05) is 6.54 Å². The highest BCUT2D eigenvalue weighted by Gasteiger charge is 2.60. The summed E-state index contributed by atoms with van der Waals surface area (Å²) in [5.41, 5.74) is 0. The fourth-order valence-corrected chi connectivity index (χ4v) is 2.61. The van der Waals surface area contributed by atoms with Gasteiger partial charge in [0.15, 0.2) is 0 Å². The summed E-state index contributed by atoms with van der Waals surface area (Å²) in [7, 11) is 0. The molecule has 0 aromatic carbocycles. The summed E-state index contributed by atoms with van der Waals surface area (Å²) in [5, 5.41) is 0. The number of nitrogens with zero attached hydrogens (tertiary/aromatic N) is 1. The zero-order valence-corrected chi connectivity index (χ0v) is 7.92. The molecule has 0 spiro atoms. The van der Waals surface area contributed by atoms with Crippen LogP contribution in [0.5, 0.6) is 0 Å². The Hall–Kier alpha value is -1.60. The molecule has 76 valence electrons. The molecule has 2 saturated heterocycles. The maximum Gasteiger partial charge on any atom is 0.237 e. The van der Waals surface area contributed by atoms with Gasteiger partial charge in [0.25, 0.3) is 0 Å². The van der Waals surface area contributed by atoms with E-state index in [1.165, 1.54) is 4.90 Å². The molecule has 0 aliphatic carbocycles. The van der Waals surface area contributed by atoms with Crippen LogP contribution >= 0.6 is 0 Å². The lowest BCUT2D eigenvalue weighted by molar-refractivity contribution is -0.141. The van der Waals surface area contributed by atoms with Crippen molar-refractivity contribution in [2.45, 2.75) is 12.2 Å². The van der Waals surface area contributed by atoms with Crippen molar-refractivity contribution in [3.8, 4) is 12.3 Å². The van der Waals surface area contributed by atoms with Gasteiger partial charge in [-0.2, -0.15) is 0 Å². The first-order valence-electron chi connectivity index (χ1n) is 4.86. The monoisotopic (exact) mass is 203 g/mol. The largest absolute Gasteiger partial charge is 0.365 e. The molecule has 15 heavy (non-hydrogen) atoms. The number of likely N-dealkylation sites (tertiary alicyclic amines) is 1. The predicted molar refractivity (Wildman–Crippen MR) is 50.3 cm³/mol. The first-order chi connectivity index (χ1) is 7.24. The van der Waals surface area contributed by atoms with E-state index in [9.17, 15) is 9.59 Å². The van der Waals surface area contributed by atoms with Gasteiger partial charge in [-0.15, -0.1) is 6.42 Å². The molecule has 4 heteroatoms. The third-order valence-corrected chi connectivity index (χ3v) is 3.25. The summed E-state index contributed by atoms with van der Waals surface area (Å²) < 4.78 is 5.48. The molecular weight excluding hydrogens is 194 g/mol. The number of imide groups is 1. The Bertz CT molecular complexity index is 390. The molecule has 0 unspecified atom stereocenters. The molecule has 3 rings (SSSR count). The van der Waals surface area contributed by atoms with Gasteiger partial charge in [-0.05, 0) is 0 Å². The van der Waals surface area contributed by atoms with E-state index in [2.05, 4.69) is 5.92 Å². The van der Waals surface area contributed by atoms with Crippen molar-refractivity contribution in [3.05, 3.63) is 12.2 Å². The van der Waals surface area contributed by atoms with E-state index in [1.54, 1.807) is 0 Å². The average molecular weight is 203 g/mol. The normalized spacial score (nSPS) is 41.1. The summed E-state index contributed by atoms with van der Waals surface area (Å²) in [6.45, 7) is 0.0735. The minimum absolute atomic E-state index is 0.0735. The summed E-state index contributed by atoms with van der Waals surface area (Å²) in [6, 6.07) is 0. The Kier molecular flexibility index (Phi) is 1.57. The third-order valence-electron chi connectivity index (χ3n) is 3.25. The van der Waals surface area contributed by atoms with Crippen LogP contribution in [0.25, 0.3) is 0 Å². The lowest BCUT2D eigenvalue weighted by Crippen LogP contribution is -2.34. The second-order valence-corrected chi connectivity index (χ2v) is 3.97. The fraction of sp³-hybridized carbons (Fsp3) is 0.455. The number of carbonyl (C=O) groups is 2. The summed E-state index contributed by atoms with van der Waals surface area (Å²) in [6.07, 6.45) is 8.39. The molecule has 3 heterocycles. The van der Waals surface area contributed by atoms with E-state index in [0.29, 0.717) is 0 Å². The molecule has 0 N–H and O–H groups in total.